The fraction of sp³-hybridized carbons (Fsp3) is 0.412. The lowest BCUT2D eigenvalue weighted by atomic mass is 10.1. The molecule has 3 heterocycles. The standard InChI is InChI=1S/C17H21N5O/c1-21-17(22-8-4-3-5-9-22)19-16(20-21)15-11-12-10-13(23-2)6-7-14(12)18-15/h6-7,10-11,18H,3-5,8-9H2,1-2H3. The molecule has 23 heavy (non-hydrogen) atoms. The van der Waals surface area contributed by atoms with E-state index in [0.717, 1.165) is 47.2 Å². The largest absolute Gasteiger partial charge is 0.497 e. The van der Waals surface area contributed by atoms with Crippen LogP contribution < -0.4 is 9.64 Å². The van der Waals surface area contributed by atoms with E-state index in [4.69, 9.17) is 9.72 Å². The van der Waals surface area contributed by atoms with Gasteiger partial charge in [-0.2, -0.15) is 4.98 Å². The van der Waals surface area contributed by atoms with Crippen molar-refractivity contribution in [3.05, 3.63) is 24.3 Å². The van der Waals surface area contributed by atoms with Crippen LogP contribution in [0.5, 0.6) is 5.75 Å². The third-order valence-electron chi connectivity index (χ3n) is 4.45. The number of benzene rings is 1. The molecule has 1 aliphatic rings. The summed E-state index contributed by atoms with van der Waals surface area (Å²) in [7, 11) is 3.64. The average molecular weight is 311 g/mol. The number of hydrogen-bond donors (Lipinski definition) is 1. The van der Waals surface area contributed by atoms with Crippen molar-refractivity contribution in [2.45, 2.75) is 19.3 Å². The van der Waals surface area contributed by atoms with Crippen molar-refractivity contribution in [3.8, 4) is 17.3 Å². The number of hydrogen-bond acceptors (Lipinski definition) is 4. The minimum Gasteiger partial charge on any atom is -0.497 e. The van der Waals surface area contributed by atoms with Gasteiger partial charge in [0.2, 0.25) is 5.95 Å². The van der Waals surface area contributed by atoms with Crippen LogP contribution in [0.25, 0.3) is 22.4 Å². The van der Waals surface area contributed by atoms with Gasteiger partial charge in [0.15, 0.2) is 5.82 Å². The molecule has 3 aromatic rings. The van der Waals surface area contributed by atoms with Crippen molar-refractivity contribution in [1.29, 1.82) is 0 Å². The number of ether oxygens (including phenoxy) is 1. The van der Waals surface area contributed by atoms with Crippen molar-refractivity contribution >= 4 is 16.9 Å². The van der Waals surface area contributed by atoms with Gasteiger partial charge < -0.3 is 14.6 Å². The molecule has 0 amide bonds. The highest BCUT2D eigenvalue weighted by Gasteiger charge is 2.18. The first-order valence-corrected chi connectivity index (χ1v) is 8.08. The van der Waals surface area contributed by atoms with Crippen molar-refractivity contribution in [2.75, 3.05) is 25.1 Å². The van der Waals surface area contributed by atoms with Crippen LogP contribution >= 0.6 is 0 Å². The van der Waals surface area contributed by atoms with Crippen molar-refractivity contribution in [2.24, 2.45) is 7.05 Å². The number of aromatic amines is 1. The van der Waals surface area contributed by atoms with E-state index >= 15 is 0 Å². The van der Waals surface area contributed by atoms with Gasteiger partial charge in [0.05, 0.1) is 12.8 Å². The number of anilines is 1. The van der Waals surface area contributed by atoms with Crippen LogP contribution in [0.3, 0.4) is 0 Å². The van der Waals surface area contributed by atoms with E-state index in [1.807, 2.05) is 29.9 Å². The molecule has 0 saturated carbocycles. The molecule has 0 bridgehead atoms. The summed E-state index contributed by atoms with van der Waals surface area (Å²) in [4.78, 5) is 10.5. The fourth-order valence-electron chi connectivity index (χ4n) is 3.22. The number of aryl methyl sites for hydroxylation is 1. The molecule has 0 spiro atoms. The van der Waals surface area contributed by atoms with Crippen LogP contribution in [0.1, 0.15) is 19.3 Å². The van der Waals surface area contributed by atoms with Crippen LogP contribution in [0.15, 0.2) is 24.3 Å². The first kappa shape index (κ1) is 14.1. The fourth-order valence-corrected chi connectivity index (χ4v) is 3.22. The second-order valence-electron chi connectivity index (χ2n) is 6.04. The number of nitrogens with zero attached hydrogens (tertiary/aromatic N) is 4. The number of nitrogens with one attached hydrogen (secondary N) is 1. The molecular weight excluding hydrogens is 290 g/mol. The number of H-pyrrole nitrogens is 1. The van der Waals surface area contributed by atoms with Gasteiger partial charge in [0.1, 0.15) is 5.75 Å². The second kappa shape index (κ2) is 5.61. The highest BCUT2D eigenvalue weighted by Crippen LogP contribution is 2.27. The Morgan fingerprint density at radius 3 is 2.74 bits per heavy atom. The third kappa shape index (κ3) is 2.54. The van der Waals surface area contributed by atoms with E-state index in [9.17, 15) is 0 Å². The lowest BCUT2D eigenvalue weighted by Gasteiger charge is -2.26. The van der Waals surface area contributed by atoms with E-state index < -0.39 is 0 Å². The maximum Gasteiger partial charge on any atom is 0.224 e. The van der Waals surface area contributed by atoms with Gasteiger partial charge in [-0.1, -0.05) is 0 Å². The van der Waals surface area contributed by atoms with Crippen LogP contribution in [0.2, 0.25) is 0 Å². The van der Waals surface area contributed by atoms with Gasteiger partial charge in [-0.15, -0.1) is 5.10 Å². The number of rotatable bonds is 3. The Kier molecular flexibility index (Phi) is 3.44. The monoisotopic (exact) mass is 311 g/mol. The smallest absolute Gasteiger partial charge is 0.224 e. The van der Waals surface area contributed by atoms with Crippen LogP contribution in [0.4, 0.5) is 5.95 Å². The molecule has 2 aromatic heterocycles. The second-order valence-corrected chi connectivity index (χ2v) is 6.04. The molecule has 0 unspecified atom stereocenters. The number of fused-ring (bicyclic) bond motifs is 1. The number of aromatic nitrogens is 4. The normalized spacial score (nSPS) is 15.3. The topological polar surface area (TPSA) is 59.0 Å². The Morgan fingerprint density at radius 2 is 1.96 bits per heavy atom. The van der Waals surface area contributed by atoms with E-state index in [1.165, 1.54) is 19.3 Å². The molecule has 0 aliphatic carbocycles. The van der Waals surface area contributed by atoms with Gasteiger partial charge in [-0.25, -0.2) is 4.68 Å². The molecule has 1 aliphatic heterocycles. The highest BCUT2D eigenvalue weighted by atomic mass is 16.5. The zero-order valence-corrected chi connectivity index (χ0v) is 13.5. The lowest BCUT2D eigenvalue weighted by molar-refractivity contribution is 0.415. The van der Waals surface area contributed by atoms with Crippen molar-refractivity contribution in [1.82, 2.24) is 19.7 Å². The summed E-state index contributed by atoms with van der Waals surface area (Å²) in [6.07, 6.45) is 3.77. The maximum atomic E-state index is 5.28. The quantitative estimate of drug-likeness (QED) is 0.808. The Hall–Kier alpha value is -2.50. The summed E-state index contributed by atoms with van der Waals surface area (Å²) >= 11 is 0. The van der Waals surface area contributed by atoms with Gasteiger partial charge in [0, 0.05) is 31.0 Å². The Morgan fingerprint density at radius 1 is 1.13 bits per heavy atom. The van der Waals surface area contributed by atoms with Gasteiger partial charge in [0.25, 0.3) is 0 Å². The molecule has 120 valence electrons. The van der Waals surface area contributed by atoms with Crippen LogP contribution in [-0.4, -0.2) is 39.9 Å². The zero-order valence-electron chi connectivity index (χ0n) is 13.5. The maximum absolute atomic E-state index is 5.28. The summed E-state index contributed by atoms with van der Waals surface area (Å²) in [6.45, 7) is 2.13. The third-order valence-corrected chi connectivity index (χ3v) is 4.45. The summed E-state index contributed by atoms with van der Waals surface area (Å²) < 4.78 is 7.17. The van der Waals surface area contributed by atoms with Crippen LogP contribution in [0, 0.1) is 0 Å². The molecule has 4 rings (SSSR count). The lowest BCUT2D eigenvalue weighted by Crippen LogP contribution is -2.31. The Balaban J connectivity index is 1.70. The minimum absolute atomic E-state index is 0.739. The first-order chi connectivity index (χ1) is 11.2. The SMILES string of the molecule is COc1ccc2[nH]c(-c3nc(N4CCCCC4)n(C)n3)cc2c1. The summed E-state index contributed by atoms with van der Waals surface area (Å²) in [6, 6.07) is 8.07. The average Bonchev–Trinajstić information content (AvgIpc) is 3.18. The first-order valence-electron chi connectivity index (χ1n) is 8.08. The number of methoxy groups -OCH3 is 1. The van der Waals surface area contributed by atoms with E-state index in [1.54, 1.807) is 7.11 Å². The van der Waals surface area contributed by atoms with Crippen molar-refractivity contribution < 1.29 is 4.74 Å². The summed E-state index contributed by atoms with van der Waals surface area (Å²) in [5.41, 5.74) is 2.00. The summed E-state index contributed by atoms with van der Waals surface area (Å²) in [5.74, 6) is 2.55. The molecule has 0 radical (unpaired) electrons. The predicted octanol–water partition coefficient (Wildman–Crippen LogP) is 2.96. The van der Waals surface area contributed by atoms with E-state index in [-0.39, 0.29) is 0 Å². The minimum atomic E-state index is 0.739. The molecule has 1 saturated heterocycles. The molecule has 1 aromatic carbocycles. The Bertz CT molecular complexity index is 829. The van der Waals surface area contributed by atoms with Gasteiger partial charge in [-0.05, 0) is 43.5 Å². The van der Waals surface area contributed by atoms with Crippen LogP contribution in [-0.2, 0) is 7.05 Å². The predicted molar refractivity (Wildman–Crippen MR) is 90.9 cm³/mol. The Labute approximate surface area is 135 Å². The van der Waals surface area contributed by atoms with Gasteiger partial charge >= 0.3 is 0 Å². The molecule has 1 fully saturated rings. The molecule has 1 N–H and O–H groups in total. The molecular formula is C17H21N5O. The number of piperidine rings is 1. The van der Waals surface area contributed by atoms with Gasteiger partial charge in [-0.3, -0.25) is 0 Å². The molecule has 6 heteroatoms. The van der Waals surface area contributed by atoms with E-state index in [2.05, 4.69) is 21.0 Å². The molecule has 6 nitrogen and oxygen atoms in total. The molecule has 0 atom stereocenters. The summed E-state index contributed by atoms with van der Waals surface area (Å²) in [5, 5.41) is 5.70. The highest BCUT2D eigenvalue weighted by molar-refractivity contribution is 5.86. The zero-order chi connectivity index (χ0) is 15.8. The van der Waals surface area contributed by atoms with Crippen molar-refractivity contribution in [3.63, 3.8) is 0 Å². The van der Waals surface area contributed by atoms with E-state index in [0.29, 0.717) is 0 Å².